The number of nitro groups is 1. The SMILES string of the molecule is C/C(=C\C(=O)O)c1ccc([N+](=O)[O-])cc1. The number of carbonyl (C=O) groups is 1. The Morgan fingerprint density at radius 3 is 2.33 bits per heavy atom. The van der Waals surface area contributed by atoms with E-state index in [-0.39, 0.29) is 5.69 Å². The molecule has 5 nitrogen and oxygen atoms in total. The van der Waals surface area contributed by atoms with Crippen LogP contribution in [0.25, 0.3) is 5.57 Å². The van der Waals surface area contributed by atoms with E-state index in [0.717, 1.165) is 6.08 Å². The lowest BCUT2D eigenvalue weighted by Crippen LogP contribution is -1.91. The minimum Gasteiger partial charge on any atom is -0.478 e. The quantitative estimate of drug-likeness (QED) is 0.467. The molecular weight excluding hydrogens is 198 g/mol. The molecule has 1 aromatic carbocycles. The molecule has 0 aliphatic carbocycles. The highest BCUT2D eigenvalue weighted by Crippen LogP contribution is 2.17. The van der Waals surface area contributed by atoms with E-state index in [0.29, 0.717) is 11.1 Å². The number of non-ortho nitro benzene ring substituents is 1. The molecule has 0 heterocycles. The van der Waals surface area contributed by atoms with E-state index in [4.69, 9.17) is 5.11 Å². The molecule has 1 aromatic rings. The Bertz CT molecular complexity index is 420. The van der Waals surface area contributed by atoms with Gasteiger partial charge in [-0.15, -0.1) is 0 Å². The van der Waals surface area contributed by atoms with Crippen LogP contribution in [0.1, 0.15) is 12.5 Å². The zero-order chi connectivity index (χ0) is 11.4. The molecule has 0 spiro atoms. The first kappa shape index (κ1) is 10.9. The highest BCUT2D eigenvalue weighted by atomic mass is 16.6. The minimum atomic E-state index is -1.04. The standard InChI is InChI=1S/C10H9NO4/c1-7(6-10(12)13)8-2-4-9(5-3-8)11(14)15/h2-6H,1H3,(H,12,13)/b7-6+. The summed E-state index contributed by atoms with van der Waals surface area (Å²) in [7, 11) is 0. The lowest BCUT2D eigenvalue weighted by molar-refractivity contribution is -0.384. The molecule has 0 saturated carbocycles. The van der Waals surface area contributed by atoms with E-state index in [9.17, 15) is 14.9 Å². The van der Waals surface area contributed by atoms with Crippen LogP contribution in [0.2, 0.25) is 0 Å². The summed E-state index contributed by atoms with van der Waals surface area (Å²) in [4.78, 5) is 20.2. The molecule has 5 heteroatoms. The van der Waals surface area contributed by atoms with Gasteiger partial charge in [0.25, 0.3) is 5.69 Å². The Kier molecular flexibility index (Phi) is 3.17. The molecule has 0 bridgehead atoms. The van der Waals surface area contributed by atoms with Crippen molar-refractivity contribution in [2.75, 3.05) is 0 Å². The first-order valence-electron chi connectivity index (χ1n) is 4.17. The zero-order valence-corrected chi connectivity index (χ0v) is 8.01. The van der Waals surface area contributed by atoms with E-state index in [2.05, 4.69) is 0 Å². The van der Waals surface area contributed by atoms with Crippen molar-refractivity contribution in [2.45, 2.75) is 6.92 Å². The summed E-state index contributed by atoms with van der Waals surface area (Å²) >= 11 is 0. The Balaban J connectivity index is 2.99. The second kappa shape index (κ2) is 4.36. The van der Waals surface area contributed by atoms with Crippen molar-refractivity contribution >= 4 is 17.2 Å². The zero-order valence-electron chi connectivity index (χ0n) is 8.01. The number of benzene rings is 1. The fraction of sp³-hybridized carbons (Fsp3) is 0.100. The fourth-order valence-electron chi connectivity index (χ4n) is 1.11. The molecule has 1 rings (SSSR count). The van der Waals surface area contributed by atoms with Crippen molar-refractivity contribution in [2.24, 2.45) is 0 Å². The van der Waals surface area contributed by atoms with Gasteiger partial charge in [0.2, 0.25) is 0 Å². The maximum absolute atomic E-state index is 10.4. The number of hydrogen-bond acceptors (Lipinski definition) is 3. The van der Waals surface area contributed by atoms with Crippen LogP contribution < -0.4 is 0 Å². The largest absolute Gasteiger partial charge is 0.478 e. The van der Waals surface area contributed by atoms with Crippen molar-refractivity contribution in [3.05, 3.63) is 46.0 Å². The predicted molar refractivity (Wildman–Crippen MR) is 54.4 cm³/mol. The third kappa shape index (κ3) is 2.91. The molecule has 0 atom stereocenters. The molecule has 0 aliphatic heterocycles. The molecule has 0 aromatic heterocycles. The Labute approximate surface area is 85.8 Å². The molecule has 0 saturated heterocycles. The van der Waals surface area contributed by atoms with E-state index >= 15 is 0 Å². The van der Waals surface area contributed by atoms with Gasteiger partial charge in [-0.05, 0) is 30.2 Å². The average Bonchev–Trinajstić information content (AvgIpc) is 2.17. The first-order chi connectivity index (χ1) is 7.00. The lowest BCUT2D eigenvalue weighted by Gasteiger charge is -1.99. The van der Waals surface area contributed by atoms with Crippen molar-refractivity contribution in [1.82, 2.24) is 0 Å². The van der Waals surface area contributed by atoms with Gasteiger partial charge in [-0.3, -0.25) is 10.1 Å². The van der Waals surface area contributed by atoms with Gasteiger partial charge in [-0.25, -0.2) is 4.79 Å². The van der Waals surface area contributed by atoms with Crippen molar-refractivity contribution < 1.29 is 14.8 Å². The Morgan fingerprint density at radius 2 is 1.93 bits per heavy atom. The minimum absolute atomic E-state index is 0.0122. The summed E-state index contributed by atoms with van der Waals surface area (Å²) < 4.78 is 0. The topological polar surface area (TPSA) is 80.4 Å². The van der Waals surface area contributed by atoms with Crippen LogP contribution in [0.4, 0.5) is 5.69 Å². The second-order valence-electron chi connectivity index (χ2n) is 2.97. The van der Waals surface area contributed by atoms with Crippen molar-refractivity contribution in [1.29, 1.82) is 0 Å². The number of aliphatic carboxylic acids is 1. The smallest absolute Gasteiger partial charge is 0.328 e. The Morgan fingerprint density at radius 1 is 1.40 bits per heavy atom. The van der Waals surface area contributed by atoms with Gasteiger partial charge in [-0.2, -0.15) is 0 Å². The molecule has 78 valence electrons. The van der Waals surface area contributed by atoms with Crippen LogP contribution in [-0.4, -0.2) is 16.0 Å². The van der Waals surface area contributed by atoms with Gasteiger partial charge in [0, 0.05) is 18.2 Å². The first-order valence-corrected chi connectivity index (χ1v) is 4.17. The number of rotatable bonds is 3. The number of hydrogen-bond donors (Lipinski definition) is 1. The third-order valence-electron chi connectivity index (χ3n) is 1.87. The average molecular weight is 207 g/mol. The van der Waals surface area contributed by atoms with Crippen LogP contribution >= 0.6 is 0 Å². The van der Waals surface area contributed by atoms with Gasteiger partial charge >= 0.3 is 5.97 Å². The summed E-state index contributed by atoms with van der Waals surface area (Å²) in [5.41, 5.74) is 1.20. The summed E-state index contributed by atoms with van der Waals surface area (Å²) in [6, 6.07) is 5.73. The van der Waals surface area contributed by atoms with Crippen LogP contribution in [0.15, 0.2) is 30.3 Å². The maximum Gasteiger partial charge on any atom is 0.328 e. The van der Waals surface area contributed by atoms with Crippen LogP contribution in [0, 0.1) is 10.1 Å². The van der Waals surface area contributed by atoms with Crippen LogP contribution in [0.3, 0.4) is 0 Å². The molecule has 0 aliphatic rings. The summed E-state index contributed by atoms with van der Waals surface area (Å²) in [6.07, 6.45) is 1.06. The molecule has 15 heavy (non-hydrogen) atoms. The maximum atomic E-state index is 10.4. The Hall–Kier alpha value is -2.17. The van der Waals surface area contributed by atoms with Gasteiger partial charge in [0.05, 0.1) is 4.92 Å². The van der Waals surface area contributed by atoms with Crippen LogP contribution in [0.5, 0.6) is 0 Å². The second-order valence-corrected chi connectivity index (χ2v) is 2.97. The van der Waals surface area contributed by atoms with E-state index in [1.165, 1.54) is 24.3 Å². The van der Waals surface area contributed by atoms with E-state index < -0.39 is 10.9 Å². The summed E-state index contributed by atoms with van der Waals surface area (Å²) in [5, 5.41) is 18.9. The predicted octanol–water partition coefficient (Wildman–Crippen LogP) is 2.08. The number of allylic oxidation sites excluding steroid dienone is 1. The third-order valence-corrected chi connectivity index (χ3v) is 1.87. The fourth-order valence-corrected chi connectivity index (χ4v) is 1.11. The monoisotopic (exact) mass is 207 g/mol. The number of carboxylic acid groups (broad SMARTS) is 1. The summed E-state index contributed by atoms with van der Waals surface area (Å²) in [5.74, 6) is -1.04. The van der Waals surface area contributed by atoms with Gasteiger partial charge in [0.1, 0.15) is 0 Å². The highest BCUT2D eigenvalue weighted by Gasteiger charge is 2.05. The number of carboxylic acids is 1. The van der Waals surface area contributed by atoms with Crippen molar-refractivity contribution in [3.8, 4) is 0 Å². The molecular formula is C10H9NO4. The van der Waals surface area contributed by atoms with Crippen molar-refractivity contribution in [3.63, 3.8) is 0 Å². The van der Waals surface area contributed by atoms with E-state index in [1.54, 1.807) is 6.92 Å². The molecule has 0 amide bonds. The van der Waals surface area contributed by atoms with Crippen LogP contribution in [-0.2, 0) is 4.79 Å². The number of nitrogens with zero attached hydrogens (tertiary/aromatic N) is 1. The van der Waals surface area contributed by atoms with E-state index in [1.807, 2.05) is 0 Å². The highest BCUT2D eigenvalue weighted by molar-refractivity contribution is 5.89. The number of nitro benzene ring substituents is 1. The van der Waals surface area contributed by atoms with Gasteiger partial charge < -0.3 is 5.11 Å². The molecule has 0 unspecified atom stereocenters. The summed E-state index contributed by atoms with van der Waals surface area (Å²) in [6.45, 7) is 1.63. The molecule has 0 radical (unpaired) electrons. The van der Waals surface area contributed by atoms with Gasteiger partial charge in [0.15, 0.2) is 0 Å². The molecule has 0 fully saturated rings. The molecule has 1 N–H and O–H groups in total. The lowest BCUT2D eigenvalue weighted by atomic mass is 10.1. The normalized spacial score (nSPS) is 11.1. The van der Waals surface area contributed by atoms with Gasteiger partial charge in [-0.1, -0.05) is 0 Å².